The third-order valence-corrected chi connectivity index (χ3v) is 3.56. The molecule has 104 valence electrons. The second-order valence-corrected chi connectivity index (χ2v) is 6.00. The van der Waals surface area contributed by atoms with Gasteiger partial charge in [-0.2, -0.15) is 0 Å². The minimum Gasteiger partial charge on any atom is -0.330 e. The Balaban J connectivity index is 4.84. The minimum absolute atomic E-state index is 0.0998. The lowest BCUT2D eigenvalue weighted by Gasteiger charge is -2.49. The highest BCUT2D eigenvalue weighted by Gasteiger charge is 2.36. The minimum atomic E-state index is 0.0998. The molecule has 0 heterocycles. The van der Waals surface area contributed by atoms with E-state index in [0.717, 1.165) is 32.4 Å². The van der Waals surface area contributed by atoms with Crippen LogP contribution in [0.5, 0.6) is 0 Å². The standard InChI is InChI=1S/C13H32N4/c1-12(2,6-9-15)17(11-5-8-14)13(3,4)7-10-16/h5-11,14-16H2,1-4H3. The van der Waals surface area contributed by atoms with Crippen LogP contribution in [0.1, 0.15) is 47.0 Å². The first-order valence-corrected chi connectivity index (χ1v) is 6.70. The van der Waals surface area contributed by atoms with Crippen LogP contribution in [-0.2, 0) is 0 Å². The summed E-state index contributed by atoms with van der Waals surface area (Å²) < 4.78 is 0. The second kappa shape index (κ2) is 7.31. The Labute approximate surface area is 107 Å². The van der Waals surface area contributed by atoms with Crippen LogP contribution in [0.4, 0.5) is 0 Å². The van der Waals surface area contributed by atoms with Gasteiger partial charge in [-0.3, -0.25) is 4.90 Å². The molecule has 0 fully saturated rings. The zero-order valence-electron chi connectivity index (χ0n) is 12.1. The highest BCUT2D eigenvalue weighted by Crippen LogP contribution is 2.29. The smallest absolute Gasteiger partial charge is 0.0170 e. The van der Waals surface area contributed by atoms with Gasteiger partial charge >= 0.3 is 0 Å². The summed E-state index contributed by atoms with van der Waals surface area (Å²) in [6, 6.07) is 0. The van der Waals surface area contributed by atoms with E-state index in [2.05, 4.69) is 32.6 Å². The Kier molecular flexibility index (Phi) is 7.24. The van der Waals surface area contributed by atoms with Gasteiger partial charge in [0.25, 0.3) is 0 Å². The molecule has 0 aromatic rings. The van der Waals surface area contributed by atoms with Crippen LogP contribution in [0.15, 0.2) is 0 Å². The van der Waals surface area contributed by atoms with Crippen LogP contribution in [0.25, 0.3) is 0 Å². The number of rotatable bonds is 9. The fourth-order valence-electron chi connectivity index (χ4n) is 2.65. The van der Waals surface area contributed by atoms with Crippen molar-refractivity contribution in [3.05, 3.63) is 0 Å². The molecule has 0 saturated carbocycles. The Morgan fingerprint density at radius 1 is 0.765 bits per heavy atom. The van der Waals surface area contributed by atoms with E-state index in [-0.39, 0.29) is 11.1 Å². The predicted molar refractivity (Wildman–Crippen MR) is 75.9 cm³/mol. The van der Waals surface area contributed by atoms with Crippen molar-refractivity contribution in [3.63, 3.8) is 0 Å². The van der Waals surface area contributed by atoms with Gasteiger partial charge in [-0.15, -0.1) is 0 Å². The fourth-order valence-corrected chi connectivity index (χ4v) is 2.65. The lowest BCUT2D eigenvalue weighted by Crippen LogP contribution is -2.57. The summed E-state index contributed by atoms with van der Waals surface area (Å²) in [7, 11) is 0. The van der Waals surface area contributed by atoms with Gasteiger partial charge in [-0.25, -0.2) is 0 Å². The molecule has 6 N–H and O–H groups in total. The molecule has 0 aliphatic rings. The molecule has 0 rings (SSSR count). The van der Waals surface area contributed by atoms with Gasteiger partial charge in [0.2, 0.25) is 0 Å². The zero-order valence-corrected chi connectivity index (χ0v) is 12.1. The van der Waals surface area contributed by atoms with E-state index in [0.29, 0.717) is 13.1 Å². The molecule has 0 aromatic carbocycles. The maximum Gasteiger partial charge on any atom is 0.0170 e. The van der Waals surface area contributed by atoms with E-state index in [4.69, 9.17) is 17.2 Å². The SMILES string of the molecule is CC(C)(CCN)N(CCCN)C(C)(C)CCN. The van der Waals surface area contributed by atoms with Gasteiger partial charge in [-0.05, 0) is 66.6 Å². The third-order valence-electron chi connectivity index (χ3n) is 3.56. The van der Waals surface area contributed by atoms with Gasteiger partial charge in [0, 0.05) is 17.6 Å². The molecule has 17 heavy (non-hydrogen) atoms. The Morgan fingerprint density at radius 2 is 1.18 bits per heavy atom. The maximum absolute atomic E-state index is 5.72. The summed E-state index contributed by atoms with van der Waals surface area (Å²) in [6.45, 7) is 12.2. The Bertz CT molecular complexity index is 184. The van der Waals surface area contributed by atoms with Gasteiger partial charge in [0.1, 0.15) is 0 Å². The molecule has 0 aliphatic carbocycles. The van der Waals surface area contributed by atoms with Gasteiger partial charge in [-0.1, -0.05) is 0 Å². The average molecular weight is 244 g/mol. The van der Waals surface area contributed by atoms with Crippen LogP contribution in [-0.4, -0.2) is 42.2 Å². The lowest BCUT2D eigenvalue weighted by atomic mass is 9.88. The molecule has 0 spiro atoms. The summed E-state index contributed by atoms with van der Waals surface area (Å²) in [4.78, 5) is 2.52. The molecular weight excluding hydrogens is 212 g/mol. The summed E-state index contributed by atoms with van der Waals surface area (Å²) in [5.41, 5.74) is 17.3. The zero-order chi connectivity index (χ0) is 13.5. The van der Waals surface area contributed by atoms with Crippen LogP contribution in [0.3, 0.4) is 0 Å². The highest BCUT2D eigenvalue weighted by atomic mass is 15.2. The van der Waals surface area contributed by atoms with E-state index in [1.165, 1.54) is 0 Å². The van der Waals surface area contributed by atoms with Crippen molar-refractivity contribution in [2.24, 2.45) is 17.2 Å². The highest BCUT2D eigenvalue weighted by molar-refractivity contribution is 4.92. The molecule has 0 atom stereocenters. The van der Waals surface area contributed by atoms with E-state index in [1.54, 1.807) is 0 Å². The Hall–Kier alpha value is -0.160. The average Bonchev–Trinajstić information content (AvgIpc) is 2.17. The molecule has 0 saturated heterocycles. The van der Waals surface area contributed by atoms with E-state index in [1.807, 2.05) is 0 Å². The molecule has 0 aromatic heterocycles. The first-order chi connectivity index (χ1) is 7.81. The van der Waals surface area contributed by atoms with Crippen molar-refractivity contribution < 1.29 is 0 Å². The van der Waals surface area contributed by atoms with Crippen molar-refractivity contribution in [1.29, 1.82) is 0 Å². The molecule has 0 bridgehead atoms. The van der Waals surface area contributed by atoms with Gasteiger partial charge in [0.05, 0.1) is 0 Å². The number of hydrogen-bond donors (Lipinski definition) is 3. The first-order valence-electron chi connectivity index (χ1n) is 6.70. The molecule has 0 amide bonds. The van der Waals surface area contributed by atoms with E-state index in [9.17, 15) is 0 Å². The van der Waals surface area contributed by atoms with Crippen molar-refractivity contribution in [1.82, 2.24) is 4.90 Å². The van der Waals surface area contributed by atoms with Crippen molar-refractivity contribution >= 4 is 0 Å². The predicted octanol–water partition coefficient (Wildman–Crippen LogP) is 0.892. The van der Waals surface area contributed by atoms with Crippen molar-refractivity contribution in [3.8, 4) is 0 Å². The molecule has 4 nitrogen and oxygen atoms in total. The van der Waals surface area contributed by atoms with Crippen LogP contribution in [0, 0.1) is 0 Å². The van der Waals surface area contributed by atoms with Crippen molar-refractivity contribution in [2.75, 3.05) is 26.2 Å². The molecule has 0 unspecified atom stereocenters. The Morgan fingerprint density at radius 3 is 1.47 bits per heavy atom. The third kappa shape index (κ3) is 5.34. The summed E-state index contributed by atoms with van der Waals surface area (Å²) in [6.07, 6.45) is 3.00. The second-order valence-electron chi connectivity index (χ2n) is 6.00. The molecule has 4 heteroatoms. The topological polar surface area (TPSA) is 81.3 Å². The van der Waals surface area contributed by atoms with Crippen LogP contribution in [0.2, 0.25) is 0 Å². The molecule has 0 radical (unpaired) electrons. The van der Waals surface area contributed by atoms with Crippen molar-refractivity contribution in [2.45, 2.75) is 58.0 Å². The van der Waals surface area contributed by atoms with Crippen LogP contribution >= 0.6 is 0 Å². The summed E-state index contributed by atoms with van der Waals surface area (Å²) >= 11 is 0. The quantitative estimate of drug-likeness (QED) is 0.563. The normalized spacial score (nSPS) is 13.4. The van der Waals surface area contributed by atoms with Gasteiger partial charge in [0.15, 0.2) is 0 Å². The van der Waals surface area contributed by atoms with Crippen LogP contribution < -0.4 is 17.2 Å². The molecular formula is C13H32N4. The monoisotopic (exact) mass is 244 g/mol. The van der Waals surface area contributed by atoms with E-state index < -0.39 is 0 Å². The fraction of sp³-hybridized carbons (Fsp3) is 1.00. The molecule has 0 aliphatic heterocycles. The lowest BCUT2D eigenvalue weighted by molar-refractivity contribution is 0.00818. The number of nitrogens with zero attached hydrogens (tertiary/aromatic N) is 1. The summed E-state index contributed by atoms with van der Waals surface area (Å²) in [5.74, 6) is 0. The van der Waals surface area contributed by atoms with Gasteiger partial charge < -0.3 is 17.2 Å². The first kappa shape index (κ1) is 16.8. The number of hydrogen-bond acceptors (Lipinski definition) is 4. The summed E-state index contributed by atoms with van der Waals surface area (Å²) in [5, 5.41) is 0. The number of nitrogens with two attached hydrogens (primary N) is 3. The maximum atomic E-state index is 5.72. The van der Waals surface area contributed by atoms with E-state index >= 15 is 0 Å². The largest absolute Gasteiger partial charge is 0.330 e.